The first-order chi connectivity index (χ1) is 8.58. The van der Waals surface area contributed by atoms with Gasteiger partial charge in [-0.05, 0) is 37.2 Å². The molecule has 0 aliphatic heterocycles. The highest BCUT2D eigenvalue weighted by atomic mass is 32.1. The van der Waals surface area contributed by atoms with Crippen molar-refractivity contribution in [3.05, 3.63) is 16.0 Å². The Bertz CT molecular complexity index is 535. The molecule has 2 aliphatic rings. The molecule has 3 rings (SSSR count). The van der Waals surface area contributed by atoms with Gasteiger partial charge in [-0.2, -0.15) is 0 Å². The van der Waals surface area contributed by atoms with E-state index in [0.717, 1.165) is 36.1 Å². The average molecular weight is 264 g/mol. The number of amides is 1. The molecule has 0 unspecified atom stereocenters. The molecule has 5 heteroatoms. The topological polar surface area (TPSA) is 69.2 Å². The van der Waals surface area contributed by atoms with Gasteiger partial charge < -0.3 is 15.2 Å². The zero-order valence-corrected chi connectivity index (χ0v) is 10.9. The molecule has 1 heterocycles. The smallest absolute Gasteiger partial charge is 0.228 e. The number of aryl methyl sites for hydroxylation is 1. The van der Waals surface area contributed by atoms with Crippen LogP contribution in [0.5, 0.6) is 0 Å². The van der Waals surface area contributed by atoms with E-state index in [-0.39, 0.29) is 17.4 Å². The molecule has 0 aromatic carbocycles. The SMILES string of the molecule is C[C@H]1C[C@@H]1C(=O)Nc1sc2c(c1C(=O)[O-])CCC2. The van der Waals surface area contributed by atoms with Gasteiger partial charge in [0.25, 0.3) is 0 Å². The molecular weight excluding hydrogens is 250 g/mol. The Balaban J connectivity index is 1.87. The molecule has 2 atom stereocenters. The van der Waals surface area contributed by atoms with Gasteiger partial charge in [-0.25, -0.2) is 0 Å². The van der Waals surface area contributed by atoms with E-state index in [2.05, 4.69) is 5.32 Å². The van der Waals surface area contributed by atoms with Crippen molar-refractivity contribution in [2.75, 3.05) is 5.32 Å². The highest BCUT2D eigenvalue weighted by Gasteiger charge is 2.39. The first kappa shape index (κ1) is 11.7. The van der Waals surface area contributed by atoms with Gasteiger partial charge in [0, 0.05) is 16.4 Å². The normalized spacial score (nSPS) is 24.7. The number of anilines is 1. The molecule has 0 radical (unpaired) electrons. The van der Waals surface area contributed by atoms with E-state index in [4.69, 9.17) is 0 Å². The summed E-state index contributed by atoms with van der Waals surface area (Å²) < 4.78 is 0. The predicted molar refractivity (Wildman–Crippen MR) is 66.6 cm³/mol. The summed E-state index contributed by atoms with van der Waals surface area (Å²) in [5.41, 5.74) is 1.09. The third-order valence-electron chi connectivity index (χ3n) is 3.81. The maximum atomic E-state index is 11.9. The zero-order chi connectivity index (χ0) is 12.9. The van der Waals surface area contributed by atoms with Crippen molar-refractivity contribution in [3.8, 4) is 0 Å². The number of carbonyl (C=O) groups excluding carboxylic acids is 2. The lowest BCUT2D eigenvalue weighted by Crippen LogP contribution is -2.25. The highest BCUT2D eigenvalue weighted by Crippen LogP contribution is 2.42. The van der Waals surface area contributed by atoms with Crippen LogP contribution in [0.15, 0.2) is 0 Å². The Hall–Kier alpha value is -1.36. The van der Waals surface area contributed by atoms with Crippen LogP contribution < -0.4 is 10.4 Å². The van der Waals surface area contributed by atoms with E-state index < -0.39 is 5.97 Å². The molecule has 18 heavy (non-hydrogen) atoms. The summed E-state index contributed by atoms with van der Waals surface area (Å²) in [5.74, 6) is -0.752. The van der Waals surface area contributed by atoms with Crippen molar-refractivity contribution < 1.29 is 14.7 Å². The van der Waals surface area contributed by atoms with E-state index >= 15 is 0 Å². The fraction of sp³-hybridized carbons (Fsp3) is 0.538. The number of carboxylic acid groups (broad SMARTS) is 1. The molecule has 96 valence electrons. The van der Waals surface area contributed by atoms with Gasteiger partial charge in [0.2, 0.25) is 5.91 Å². The number of rotatable bonds is 3. The number of aromatic carboxylic acids is 1. The fourth-order valence-electron chi connectivity index (χ4n) is 2.60. The molecule has 2 aliphatic carbocycles. The van der Waals surface area contributed by atoms with Crippen LogP contribution in [0.3, 0.4) is 0 Å². The van der Waals surface area contributed by atoms with Crippen LogP contribution in [0.25, 0.3) is 0 Å². The van der Waals surface area contributed by atoms with Crippen LogP contribution in [-0.2, 0) is 17.6 Å². The molecule has 0 spiro atoms. The molecule has 1 N–H and O–H groups in total. The average Bonchev–Trinajstić information content (AvgIpc) is 2.70. The lowest BCUT2D eigenvalue weighted by atomic mass is 10.1. The monoisotopic (exact) mass is 264 g/mol. The van der Waals surface area contributed by atoms with Crippen molar-refractivity contribution in [2.45, 2.75) is 32.6 Å². The minimum atomic E-state index is -1.17. The van der Waals surface area contributed by atoms with Crippen LogP contribution >= 0.6 is 11.3 Å². The van der Waals surface area contributed by atoms with Gasteiger partial charge in [0.05, 0.1) is 5.97 Å². The number of hydrogen-bond acceptors (Lipinski definition) is 4. The summed E-state index contributed by atoms with van der Waals surface area (Å²) in [4.78, 5) is 24.2. The summed E-state index contributed by atoms with van der Waals surface area (Å²) in [5, 5.41) is 14.5. The van der Waals surface area contributed by atoms with Gasteiger partial charge in [-0.1, -0.05) is 6.92 Å². The minimum Gasteiger partial charge on any atom is -0.545 e. The largest absolute Gasteiger partial charge is 0.545 e. The van der Waals surface area contributed by atoms with E-state index in [1.165, 1.54) is 11.3 Å². The van der Waals surface area contributed by atoms with E-state index in [1.807, 2.05) is 6.92 Å². The zero-order valence-electron chi connectivity index (χ0n) is 10.1. The van der Waals surface area contributed by atoms with Crippen LogP contribution in [0, 0.1) is 11.8 Å². The van der Waals surface area contributed by atoms with Gasteiger partial charge in [0.1, 0.15) is 5.00 Å². The number of carboxylic acids is 1. The van der Waals surface area contributed by atoms with Gasteiger partial charge in [-0.15, -0.1) is 11.3 Å². The molecule has 0 saturated heterocycles. The Kier molecular flexibility index (Phi) is 2.66. The van der Waals surface area contributed by atoms with E-state index in [1.54, 1.807) is 0 Å². The number of hydrogen-bond donors (Lipinski definition) is 1. The third-order valence-corrected chi connectivity index (χ3v) is 5.02. The summed E-state index contributed by atoms with van der Waals surface area (Å²) in [7, 11) is 0. The van der Waals surface area contributed by atoms with E-state index in [9.17, 15) is 14.7 Å². The first-order valence-electron chi connectivity index (χ1n) is 6.24. The quantitative estimate of drug-likeness (QED) is 0.891. The molecule has 1 amide bonds. The van der Waals surface area contributed by atoms with Crippen LogP contribution in [0.4, 0.5) is 5.00 Å². The second-order valence-electron chi connectivity index (χ2n) is 5.16. The summed E-state index contributed by atoms with van der Waals surface area (Å²) in [6.07, 6.45) is 3.59. The van der Waals surface area contributed by atoms with Crippen molar-refractivity contribution in [1.82, 2.24) is 0 Å². The number of fused-ring (bicyclic) bond motifs is 1. The third kappa shape index (κ3) is 1.82. The molecule has 0 bridgehead atoms. The molecule has 1 aromatic heterocycles. The van der Waals surface area contributed by atoms with Crippen LogP contribution in [-0.4, -0.2) is 11.9 Å². The van der Waals surface area contributed by atoms with Gasteiger partial charge in [-0.3, -0.25) is 4.79 Å². The van der Waals surface area contributed by atoms with Crippen molar-refractivity contribution in [2.24, 2.45) is 11.8 Å². The minimum absolute atomic E-state index is 0.0510. The maximum absolute atomic E-state index is 11.9. The fourth-order valence-corrected chi connectivity index (χ4v) is 3.88. The second kappa shape index (κ2) is 4.09. The van der Waals surface area contributed by atoms with Crippen molar-refractivity contribution >= 4 is 28.2 Å². The molecule has 4 nitrogen and oxygen atoms in total. The van der Waals surface area contributed by atoms with Crippen molar-refractivity contribution in [3.63, 3.8) is 0 Å². The predicted octanol–water partition coefficient (Wildman–Crippen LogP) is 1.19. The summed E-state index contributed by atoms with van der Waals surface area (Å²) in [6.45, 7) is 2.03. The van der Waals surface area contributed by atoms with Crippen LogP contribution in [0.2, 0.25) is 0 Å². The highest BCUT2D eigenvalue weighted by molar-refractivity contribution is 7.17. The molecule has 1 aromatic rings. The molecule has 1 saturated carbocycles. The summed E-state index contributed by atoms with van der Waals surface area (Å²) in [6, 6.07) is 0. The Labute approximate surface area is 109 Å². The lowest BCUT2D eigenvalue weighted by Gasteiger charge is -2.08. The number of nitrogens with one attached hydrogen (secondary N) is 1. The van der Waals surface area contributed by atoms with Gasteiger partial charge >= 0.3 is 0 Å². The van der Waals surface area contributed by atoms with Gasteiger partial charge in [0.15, 0.2) is 0 Å². The number of carbonyl (C=O) groups is 2. The van der Waals surface area contributed by atoms with E-state index in [0.29, 0.717) is 10.9 Å². The van der Waals surface area contributed by atoms with Crippen molar-refractivity contribution in [1.29, 1.82) is 0 Å². The molecular formula is C13H14NO3S-. The lowest BCUT2D eigenvalue weighted by molar-refractivity contribution is -0.254. The second-order valence-corrected chi connectivity index (χ2v) is 6.26. The standard InChI is InChI=1S/C13H15NO3S/c1-6-5-8(6)11(15)14-12-10(13(16)17)7-3-2-4-9(7)18-12/h6,8H,2-5H2,1H3,(H,14,15)(H,16,17)/p-1/t6-,8-/m0/s1. The van der Waals surface area contributed by atoms with Crippen LogP contribution in [0.1, 0.15) is 40.6 Å². The Morgan fingerprint density at radius 2 is 2.11 bits per heavy atom. The molecule has 1 fully saturated rings. The first-order valence-corrected chi connectivity index (χ1v) is 7.06. The summed E-state index contributed by atoms with van der Waals surface area (Å²) >= 11 is 1.40. The maximum Gasteiger partial charge on any atom is 0.228 e. The number of thiophene rings is 1. The Morgan fingerprint density at radius 1 is 1.39 bits per heavy atom. The Morgan fingerprint density at radius 3 is 2.72 bits per heavy atom.